The van der Waals surface area contributed by atoms with Gasteiger partial charge in [0.1, 0.15) is 12.4 Å². The SMILES string of the molecule is O=C1COc2cc3c(cc2O1)C1(CO3)CN(CCCOCc2ccccc2)c2ccccc21. The first kappa shape index (κ1) is 20.1. The van der Waals surface area contributed by atoms with Gasteiger partial charge in [-0.1, -0.05) is 48.5 Å². The van der Waals surface area contributed by atoms with E-state index in [1.807, 2.05) is 30.3 Å². The summed E-state index contributed by atoms with van der Waals surface area (Å²) in [6.07, 6.45) is 0.931. The monoisotopic (exact) mass is 443 g/mol. The van der Waals surface area contributed by atoms with Crippen molar-refractivity contribution in [3.8, 4) is 17.2 Å². The average Bonchev–Trinajstić information content (AvgIpc) is 3.36. The van der Waals surface area contributed by atoms with Crippen LogP contribution in [0.2, 0.25) is 0 Å². The Kier molecular flexibility index (Phi) is 4.95. The smallest absolute Gasteiger partial charge is 0.349 e. The quantitative estimate of drug-likeness (QED) is 0.325. The minimum atomic E-state index is -0.376. The van der Waals surface area contributed by atoms with E-state index in [1.165, 1.54) is 16.8 Å². The van der Waals surface area contributed by atoms with Crippen LogP contribution in [0, 0.1) is 0 Å². The Bertz CT molecular complexity index is 1190. The van der Waals surface area contributed by atoms with Crippen LogP contribution in [-0.2, 0) is 21.6 Å². The average molecular weight is 443 g/mol. The van der Waals surface area contributed by atoms with Crippen molar-refractivity contribution in [2.75, 3.05) is 37.8 Å². The number of esters is 1. The predicted molar refractivity (Wildman–Crippen MR) is 123 cm³/mol. The van der Waals surface area contributed by atoms with Crippen LogP contribution in [0.4, 0.5) is 5.69 Å². The van der Waals surface area contributed by atoms with Crippen LogP contribution in [0.1, 0.15) is 23.1 Å². The van der Waals surface area contributed by atoms with Crippen LogP contribution in [0.15, 0.2) is 66.7 Å². The van der Waals surface area contributed by atoms with Crippen molar-refractivity contribution in [3.63, 3.8) is 0 Å². The van der Waals surface area contributed by atoms with Crippen molar-refractivity contribution in [3.05, 3.63) is 83.4 Å². The molecule has 0 bridgehead atoms. The summed E-state index contributed by atoms with van der Waals surface area (Å²) in [5.74, 6) is 1.46. The van der Waals surface area contributed by atoms with Crippen molar-refractivity contribution in [2.45, 2.75) is 18.4 Å². The van der Waals surface area contributed by atoms with Gasteiger partial charge in [0, 0.05) is 37.0 Å². The van der Waals surface area contributed by atoms with Gasteiger partial charge in [-0.25, -0.2) is 4.79 Å². The Morgan fingerprint density at radius 1 is 0.909 bits per heavy atom. The van der Waals surface area contributed by atoms with E-state index in [1.54, 1.807) is 0 Å². The Balaban J connectivity index is 1.20. The molecule has 3 aliphatic heterocycles. The lowest BCUT2D eigenvalue weighted by Crippen LogP contribution is -2.36. The van der Waals surface area contributed by atoms with E-state index in [9.17, 15) is 4.79 Å². The number of carbonyl (C=O) groups excluding carboxylic acids is 1. The van der Waals surface area contributed by atoms with Crippen molar-refractivity contribution in [1.29, 1.82) is 0 Å². The summed E-state index contributed by atoms with van der Waals surface area (Å²) in [6.45, 7) is 3.53. The third-order valence-corrected chi connectivity index (χ3v) is 6.65. The predicted octanol–water partition coefficient (Wildman–Crippen LogP) is 4.09. The van der Waals surface area contributed by atoms with Gasteiger partial charge in [0.15, 0.2) is 18.1 Å². The highest BCUT2D eigenvalue weighted by Crippen LogP contribution is 2.54. The van der Waals surface area contributed by atoms with Gasteiger partial charge in [-0.2, -0.15) is 0 Å². The first-order valence-electron chi connectivity index (χ1n) is 11.3. The molecule has 0 amide bonds. The number of hydrogen-bond donors (Lipinski definition) is 0. The zero-order chi connectivity index (χ0) is 22.3. The van der Waals surface area contributed by atoms with E-state index in [0.29, 0.717) is 31.3 Å². The van der Waals surface area contributed by atoms with Crippen molar-refractivity contribution < 1.29 is 23.7 Å². The topological polar surface area (TPSA) is 57.2 Å². The highest BCUT2D eigenvalue weighted by atomic mass is 16.6. The molecule has 0 N–H and O–H groups in total. The summed E-state index contributed by atoms with van der Waals surface area (Å²) >= 11 is 0. The van der Waals surface area contributed by atoms with Crippen LogP contribution in [-0.4, -0.2) is 38.9 Å². The number of hydrogen-bond acceptors (Lipinski definition) is 6. The number of benzene rings is 3. The summed E-state index contributed by atoms with van der Waals surface area (Å²) in [5, 5.41) is 0. The normalized spacial score (nSPS) is 20.0. The van der Waals surface area contributed by atoms with E-state index in [4.69, 9.17) is 18.9 Å². The molecule has 0 aromatic heterocycles. The Labute approximate surface area is 192 Å². The molecule has 1 unspecified atom stereocenters. The molecule has 1 spiro atoms. The lowest BCUT2D eigenvalue weighted by atomic mass is 9.77. The second-order valence-corrected chi connectivity index (χ2v) is 8.76. The molecular weight excluding hydrogens is 418 g/mol. The Morgan fingerprint density at radius 2 is 1.76 bits per heavy atom. The summed E-state index contributed by atoms with van der Waals surface area (Å²) in [4.78, 5) is 14.2. The summed E-state index contributed by atoms with van der Waals surface area (Å²) in [6, 6.07) is 22.5. The lowest BCUT2D eigenvalue weighted by Gasteiger charge is -2.26. The zero-order valence-electron chi connectivity index (χ0n) is 18.3. The van der Waals surface area contributed by atoms with E-state index in [0.717, 1.165) is 30.8 Å². The molecule has 0 aliphatic carbocycles. The maximum absolute atomic E-state index is 11.8. The summed E-state index contributed by atoms with van der Waals surface area (Å²) in [5.41, 5.74) is 4.42. The second-order valence-electron chi connectivity index (χ2n) is 8.76. The largest absolute Gasteiger partial charge is 0.492 e. The molecule has 6 rings (SSSR count). The molecule has 3 heterocycles. The Hall–Kier alpha value is -3.51. The molecule has 6 heteroatoms. The molecule has 3 aromatic rings. The highest BCUT2D eigenvalue weighted by Gasteiger charge is 2.50. The molecule has 0 fully saturated rings. The molecule has 6 nitrogen and oxygen atoms in total. The van der Waals surface area contributed by atoms with Gasteiger partial charge < -0.3 is 23.8 Å². The molecule has 0 saturated heterocycles. The van der Waals surface area contributed by atoms with Gasteiger partial charge >= 0.3 is 5.97 Å². The number of rotatable bonds is 6. The molecular formula is C27H25NO5. The fraction of sp³-hybridized carbons (Fsp3) is 0.296. The van der Waals surface area contributed by atoms with E-state index in [2.05, 4.69) is 41.3 Å². The van der Waals surface area contributed by atoms with E-state index >= 15 is 0 Å². The minimum Gasteiger partial charge on any atom is -0.492 e. The third kappa shape index (κ3) is 3.51. The van der Waals surface area contributed by atoms with Gasteiger partial charge in [-0.05, 0) is 29.7 Å². The maximum atomic E-state index is 11.8. The number of anilines is 1. The van der Waals surface area contributed by atoms with Crippen LogP contribution in [0.3, 0.4) is 0 Å². The summed E-state index contributed by atoms with van der Waals surface area (Å²) in [7, 11) is 0. The van der Waals surface area contributed by atoms with Gasteiger partial charge in [0.05, 0.1) is 12.0 Å². The number of fused-ring (bicyclic) bond motifs is 5. The maximum Gasteiger partial charge on any atom is 0.349 e. The van der Waals surface area contributed by atoms with Gasteiger partial charge in [-0.15, -0.1) is 0 Å². The summed E-state index contributed by atoms with van der Waals surface area (Å²) < 4.78 is 23.0. The van der Waals surface area contributed by atoms with Crippen LogP contribution in [0.25, 0.3) is 0 Å². The fourth-order valence-electron chi connectivity index (χ4n) is 5.12. The van der Waals surface area contributed by atoms with Crippen LogP contribution >= 0.6 is 0 Å². The third-order valence-electron chi connectivity index (χ3n) is 6.65. The molecule has 3 aliphatic rings. The Morgan fingerprint density at radius 3 is 2.67 bits per heavy atom. The van der Waals surface area contributed by atoms with Gasteiger partial charge in [0.25, 0.3) is 0 Å². The number of nitrogens with zero attached hydrogens (tertiary/aromatic N) is 1. The van der Waals surface area contributed by atoms with E-state index < -0.39 is 0 Å². The molecule has 33 heavy (non-hydrogen) atoms. The fourth-order valence-corrected chi connectivity index (χ4v) is 5.12. The van der Waals surface area contributed by atoms with Crippen LogP contribution < -0.4 is 19.1 Å². The van der Waals surface area contributed by atoms with Crippen molar-refractivity contribution >= 4 is 11.7 Å². The number of ether oxygens (including phenoxy) is 4. The van der Waals surface area contributed by atoms with Crippen molar-refractivity contribution in [2.24, 2.45) is 0 Å². The van der Waals surface area contributed by atoms with Gasteiger partial charge in [-0.3, -0.25) is 0 Å². The second kappa shape index (κ2) is 8.12. The zero-order valence-corrected chi connectivity index (χ0v) is 18.3. The lowest BCUT2D eigenvalue weighted by molar-refractivity contribution is -0.138. The minimum absolute atomic E-state index is 0.0696. The standard InChI is InChI=1S/C27H25NO5/c29-26-16-31-24-14-23-21(13-25(24)33-26)27(18-32-23)17-28(22-10-5-4-9-20(22)27)11-6-12-30-15-19-7-2-1-3-8-19/h1-5,7-10,13-14H,6,11-12,15-18H2. The first-order valence-corrected chi connectivity index (χ1v) is 11.3. The molecule has 0 saturated carbocycles. The number of carbonyl (C=O) groups is 1. The first-order chi connectivity index (χ1) is 16.2. The molecule has 0 radical (unpaired) electrons. The van der Waals surface area contributed by atoms with Crippen molar-refractivity contribution in [1.82, 2.24) is 0 Å². The van der Waals surface area contributed by atoms with Gasteiger partial charge in [0.2, 0.25) is 0 Å². The van der Waals surface area contributed by atoms with Crippen LogP contribution in [0.5, 0.6) is 17.2 Å². The molecule has 3 aromatic carbocycles. The number of para-hydroxylation sites is 1. The van der Waals surface area contributed by atoms with E-state index in [-0.39, 0.29) is 18.0 Å². The molecule has 1 atom stereocenters. The molecule has 168 valence electrons. The highest BCUT2D eigenvalue weighted by molar-refractivity contribution is 5.78.